The zero-order chi connectivity index (χ0) is 7.68. The Hall–Kier alpha value is -0.930. The molecule has 0 spiro atoms. The van der Waals surface area contributed by atoms with Crippen LogP contribution in [0.4, 0.5) is 0 Å². The van der Waals surface area contributed by atoms with Crippen molar-refractivity contribution in [3.05, 3.63) is 30.1 Å². The third kappa shape index (κ3) is 1.13. The van der Waals surface area contributed by atoms with Crippen LogP contribution in [-0.2, 0) is 4.74 Å². The molecule has 1 aliphatic rings. The van der Waals surface area contributed by atoms with Gasteiger partial charge in [-0.15, -0.1) is 0 Å². The summed E-state index contributed by atoms with van der Waals surface area (Å²) in [6.07, 6.45) is 3.44. The van der Waals surface area contributed by atoms with Gasteiger partial charge in [-0.05, 0) is 17.7 Å². The van der Waals surface area contributed by atoms with Gasteiger partial charge in [-0.2, -0.15) is 0 Å². The Morgan fingerprint density at radius 2 is 2.18 bits per heavy atom. The van der Waals surface area contributed by atoms with Crippen molar-refractivity contribution in [1.29, 1.82) is 0 Å². The summed E-state index contributed by atoms with van der Waals surface area (Å²) in [5.41, 5.74) is 6.83. The maximum Gasteiger partial charge on any atom is 0.114 e. The average Bonchev–Trinajstić information content (AvgIpc) is 2.04. The molecule has 1 fully saturated rings. The van der Waals surface area contributed by atoms with Gasteiger partial charge >= 0.3 is 0 Å². The molecule has 2 unspecified atom stereocenters. The Kier molecular flexibility index (Phi) is 1.60. The Bertz CT molecular complexity index is 237. The molecule has 0 aliphatic carbocycles. The van der Waals surface area contributed by atoms with E-state index >= 15 is 0 Å². The topological polar surface area (TPSA) is 48.1 Å². The van der Waals surface area contributed by atoms with Gasteiger partial charge in [0, 0.05) is 18.3 Å². The first-order valence-corrected chi connectivity index (χ1v) is 3.65. The van der Waals surface area contributed by atoms with Crippen molar-refractivity contribution in [2.45, 2.75) is 12.1 Å². The molecule has 2 heterocycles. The van der Waals surface area contributed by atoms with Gasteiger partial charge in [-0.1, -0.05) is 0 Å². The lowest BCUT2D eigenvalue weighted by molar-refractivity contribution is -0.0722. The molecule has 1 aromatic heterocycles. The zero-order valence-electron chi connectivity index (χ0n) is 6.10. The zero-order valence-corrected chi connectivity index (χ0v) is 6.10. The lowest BCUT2D eigenvalue weighted by atomic mass is 9.96. The fourth-order valence-corrected chi connectivity index (χ4v) is 1.20. The minimum atomic E-state index is -0.114. The van der Waals surface area contributed by atoms with E-state index in [1.807, 2.05) is 12.1 Å². The van der Waals surface area contributed by atoms with Gasteiger partial charge in [0.1, 0.15) is 6.23 Å². The monoisotopic (exact) mass is 150 g/mol. The molecular formula is C8H10N2O. The van der Waals surface area contributed by atoms with Gasteiger partial charge in [0.25, 0.3) is 0 Å². The number of nitrogens with zero attached hydrogens (tertiary/aromatic N) is 1. The molecule has 1 aromatic rings. The van der Waals surface area contributed by atoms with Crippen molar-refractivity contribution >= 4 is 0 Å². The van der Waals surface area contributed by atoms with Crippen molar-refractivity contribution in [3.8, 4) is 0 Å². The second kappa shape index (κ2) is 2.60. The smallest absolute Gasteiger partial charge is 0.114 e. The molecule has 3 nitrogen and oxygen atoms in total. The number of pyridine rings is 1. The molecule has 0 saturated carbocycles. The molecule has 2 atom stereocenters. The fourth-order valence-electron chi connectivity index (χ4n) is 1.20. The van der Waals surface area contributed by atoms with Crippen LogP contribution in [0.15, 0.2) is 24.5 Å². The second-order valence-corrected chi connectivity index (χ2v) is 2.68. The Labute approximate surface area is 65.2 Å². The molecule has 2 rings (SSSR count). The molecule has 0 bridgehead atoms. The molecule has 0 amide bonds. The normalized spacial score (nSPS) is 29.5. The largest absolute Gasteiger partial charge is 0.362 e. The molecular weight excluding hydrogens is 140 g/mol. The van der Waals surface area contributed by atoms with Crippen LogP contribution in [0.3, 0.4) is 0 Å². The maximum absolute atomic E-state index is 5.61. The Balaban J connectivity index is 2.17. The minimum absolute atomic E-state index is 0.114. The van der Waals surface area contributed by atoms with Gasteiger partial charge in [0.15, 0.2) is 0 Å². The number of nitrogens with two attached hydrogens (primary N) is 1. The number of hydrogen-bond acceptors (Lipinski definition) is 3. The third-order valence-corrected chi connectivity index (χ3v) is 2.00. The van der Waals surface area contributed by atoms with Crippen molar-refractivity contribution in [3.63, 3.8) is 0 Å². The molecule has 1 saturated heterocycles. The second-order valence-electron chi connectivity index (χ2n) is 2.68. The van der Waals surface area contributed by atoms with Crippen LogP contribution in [0.25, 0.3) is 0 Å². The summed E-state index contributed by atoms with van der Waals surface area (Å²) < 4.78 is 5.05. The van der Waals surface area contributed by atoms with Crippen molar-refractivity contribution in [1.82, 2.24) is 4.98 Å². The molecule has 58 valence electrons. The highest BCUT2D eigenvalue weighted by Crippen LogP contribution is 2.26. The summed E-state index contributed by atoms with van der Waals surface area (Å²) in [4.78, 5) is 3.93. The van der Waals surface area contributed by atoms with E-state index in [0.29, 0.717) is 5.92 Å². The van der Waals surface area contributed by atoms with Crippen LogP contribution < -0.4 is 5.73 Å². The molecule has 11 heavy (non-hydrogen) atoms. The van der Waals surface area contributed by atoms with Crippen LogP contribution in [0, 0.1) is 0 Å². The van der Waals surface area contributed by atoms with Crippen LogP contribution in [0.2, 0.25) is 0 Å². The number of ether oxygens (including phenoxy) is 1. The third-order valence-electron chi connectivity index (χ3n) is 2.00. The van der Waals surface area contributed by atoms with Crippen molar-refractivity contribution in [2.75, 3.05) is 6.61 Å². The van der Waals surface area contributed by atoms with Gasteiger partial charge in [-0.25, -0.2) is 0 Å². The first kappa shape index (κ1) is 6.76. The molecule has 0 aromatic carbocycles. The van der Waals surface area contributed by atoms with Gasteiger partial charge in [0.2, 0.25) is 0 Å². The highest BCUT2D eigenvalue weighted by atomic mass is 16.5. The van der Waals surface area contributed by atoms with E-state index in [2.05, 4.69) is 4.98 Å². The summed E-state index contributed by atoms with van der Waals surface area (Å²) in [5, 5.41) is 0. The Morgan fingerprint density at radius 3 is 2.64 bits per heavy atom. The van der Waals surface area contributed by atoms with E-state index in [1.54, 1.807) is 12.4 Å². The first-order valence-electron chi connectivity index (χ1n) is 3.65. The molecule has 2 N–H and O–H groups in total. The van der Waals surface area contributed by atoms with Gasteiger partial charge < -0.3 is 10.5 Å². The van der Waals surface area contributed by atoms with Crippen molar-refractivity contribution in [2.24, 2.45) is 5.73 Å². The quantitative estimate of drug-likeness (QED) is 0.633. The Morgan fingerprint density at radius 1 is 1.45 bits per heavy atom. The number of hydrogen-bond donors (Lipinski definition) is 1. The average molecular weight is 150 g/mol. The predicted octanol–water partition coefficient (Wildman–Crippen LogP) is 0.480. The van der Waals surface area contributed by atoms with Crippen LogP contribution in [0.1, 0.15) is 11.5 Å². The summed E-state index contributed by atoms with van der Waals surface area (Å²) in [6, 6.07) is 3.96. The summed E-state index contributed by atoms with van der Waals surface area (Å²) >= 11 is 0. The molecule has 3 heteroatoms. The van der Waals surface area contributed by atoms with Crippen LogP contribution in [0.5, 0.6) is 0 Å². The number of rotatable bonds is 1. The van der Waals surface area contributed by atoms with Crippen molar-refractivity contribution < 1.29 is 4.74 Å². The summed E-state index contributed by atoms with van der Waals surface area (Å²) in [7, 11) is 0. The lowest BCUT2D eigenvalue weighted by Gasteiger charge is -2.33. The fraction of sp³-hybridized carbons (Fsp3) is 0.375. The van der Waals surface area contributed by atoms with E-state index in [4.69, 9.17) is 10.5 Å². The van der Waals surface area contributed by atoms with E-state index in [9.17, 15) is 0 Å². The SMILES string of the molecule is NC1OCC1c1ccncc1. The highest BCUT2D eigenvalue weighted by molar-refractivity contribution is 5.19. The minimum Gasteiger partial charge on any atom is -0.362 e. The van der Waals surface area contributed by atoms with E-state index in [0.717, 1.165) is 6.61 Å². The lowest BCUT2D eigenvalue weighted by Crippen LogP contribution is -2.44. The first-order chi connectivity index (χ1) is 5.38. The molecule has 1 aliphatic heterocycles. The van der Waals surface area contributed by atoms with Crippen LogP contribution >= 0.6 is 0 Å². The predicted molar refractivity (Wildman–Crippen MR) is 40.9 cm³/mol. The highest BCUT2D eigenvalue weighted by Gasteiger charge is 2.29. The van der Waals surface area contributed by atoms with Gasteiger partial charge in [-0.3, -0.25) is 4.98 Å². The molecule has 0 radical (unpaired) electrons. The van der Waals surface area contributed by atoms with Crippen LogP contribution in [-0.4, -0.2) is 17.8 Å². The van der Waals surface area contributed by atoms with Gasteiger partial charge in [0.05, 0.1) is 6.61 Å². The van der Waals surface area contributed by atoms with E-state index in [-0.39, 0.29) is 6.23 Å². The summed E-state index contributed by atoms with van der Waals surface area (Å²) in [6.45, 7) is 0.741. The maximum atomic E-state index is 5.61. The standard InChI is InChI=1S/C8H10N2O/c9-8-7(5-11-8)6-1-3-10-4-2-6/h1-4,7-8H,5,9H2. The number of aromatic nitrogens is 1. The van der Waals surface area contributed by atoms with E-state index in [1.165, 1.54) is 5.56 Å². The summed E-state index contributed by atoms with van der Waals surface area (Å²) in [5.74, 6) is 0.373. The van der Waals surface area contributed by atoms with E-state index < -0.39 is 0 Å².